The number of aromatic nitrogens is 4. The van der Waals surface area contributed by atoms with Crippen molar-refractivity contribution < 1.29 is 4.52 Å². The van der Waals surface area contributed by atoms with Gasteiger partial charge in [-0.3, -0.25) is 0 Å². The standard InChI is InChI=1S/C10H13N5O/c1-7-12-6-4-8(13-7)10-14-9(16-15-10)3-2-5-11/h4,6H,2-3,5,11H2,1H3. The Morgan fingerprint density at radius 1 is 1.38 bits per heavy atom. The zero-order chi connectivity index (χ0) is 11.4. The fourth-order valence-corrected chi connectivity index (χ4v) is 1.29. The lowest BCUT2D eigenvalue weighted by Gasteiger charge is -1.93. The molecule has 2 N–H and O–H groups in total. The van der Waals surface area contributed by atoms with Crippen molar-refractivity contribution in [3.63, 3.8) is 0 Å². The first kappa shape index (κ1) is 10.7. The first-order valence-electron chi connectivity index (χ1n) is 5.12. The van der Waals surface area contributed by atoms with Crippen LogP contribution in [0.15, 0.2) is 16.8 Å². The Bertz CT molecular complexity index is 468. The topological polar surface area (TPSA) is 90.7 Å². The Morgan fingerprint density at radius 3 is 3.00 bits per heavy atom. The Balaban J connectivity index is 2.18. The monoisotopic (exact) mass is 219 g/mol. The summed E-state index contributed by atoms with van der Waals surface area (Å²) in [6, 6.07) is 1.75. The van der Waals surface area contributed by atoms with Crippen LogP contribution >= 0.6 is 0 Å². The molecule has 2 heterocycles. The summed E-state index contributed by atoms with van der Waals surface area (Å²) in [5.74, 6) is 1.78. The zero-order valence-corrected chi connectivity index (χ0v) is 9.05. The second-order valence-corrected chi connectivity index (χ2v) is 3.39. The van der Waals surface area contributed by atoms with Gasteiger partial charge in [0.25, 0.3) is 0 Å². The highest BCUT2D eigenvalue weighted by Gasteiger charge is 2.09. The van der Waals surface area contributed by atoms with E-state index in [1.807, 2.05) is 6.92 Å². The van der Waals surface area contributed by atoms with Crippen LogP contribution in [0.1, 0.15) is 18.1 Å². The maximum atomic E-state index is 5.40. The van der Waals surface area contributed by atoms with E-state index >= 15 is 0 Å². The quantitative estimate of drug-likeness (QED) is 0.815. The SMILES string of the molecule is Cc1nccc(-c2noc(CCCN)n2)n1. The number of nitrogens with two attached hydrogens (primary N) is 1. The van der Waals surface area contributed by atoms with Gasteiger partial charge in [-0.1, -0.05) is 5.16 Å². The minimum absolute atomic E-state index is 0.498. The van der Waals surface area contributed by atoms with Gasteiger partial charge in [-0.25, -0.2) is 9.97 Å². The van der Waals surface area contributed by atoms with Gasteiger partial charge in [0.1, 0.15) is 11.5 Å². The average Bonchev–Trinajstić information content (AvgIpc) is 2.75. The van der Waals surface area contributed by atoms with Gasteiger partial charge < -0.3 is 10.3 Å². The number of aryl methyl sites for hydroxylation is 2. The molecule has 2 aromatic heterocycles. The van der Waals surface area contributed by atoms with Gasteiger partial charge in [0.15, 0.2) is 0 Å². The summed E-state index contributed by atoms with van der Waals surface area (Å²) in [6.45, 7) is 2.43. The third-order valence-electron chi connectivity index (χ3n) is 2.07. The van der Waals surface area contributed by atoms with Gasteiger partial charge in [-0.15, -0.1) is 0 Å². The summed E-state index contributed by atoms with van der Waals surface area (Å²) in [5.41, 5.74) is 6.08. The van der Waals surface area contributed by atoms with Gasteiger partial charge >= 0.3 is 0 Å². The van der Waals surface area contributed by atoms with Crippen molar-refractivity contribution in [2.24, 2.45) is 5.73 Å². The molecule has 0 unspecified atom stereocenters. The van der Waals surface area contributed by atoms with Gasteiger partial charge in [-0.2, -0.15) is 4.98 Å². The van der Waals surface area contributed by atoms with Gasteiger partial charge in [-0.05, 0) is 26.0 Å². The van der Waals surface area contributed by atoms with Crippen LogP contribution in [-0.4, -0.2) is 26.7 Å². The molecule has 6 heteroatoms. The summed E-state index contributed by atoms with van der Waals surface area (Å²) >= 11 is 0. The Morgan fingerprint density at radius 2 is 2.25 bits per heavy atom. The molecule has 0 saturated carbocycles. The van der Waals surface area contributed by atoms with Crippen LogP contribution in [0.3, 0.4) is 0 Å². The second-order valence-electron chi connectivity index (χ2n) is 3.39. The molecule has 0 aliphatic rings. The molecule has 0 radical (unpaired) electrons. The molecule has 2 rings (SSSR count). The molecule has 0 aliphatic carbocycles. The molecule has 6 nitrogen and oxygen atoms in total. The molecule has 0 saturated heterocycles. The van der Waals surface area contributed by atoms with E-state index in [4.69, 9.17) is 10.3 Å². The molecule has 2 aromatic rings. The summed E-state index contributed by atoms with van der Waals surface area (Å²) in [7, 11) is 0. The molecule has 0 amide bonds. The maximum Gasteiger partial charge on any atom is 0.227 e. The van der Waals surface area contributed by atoms with Crippen molar-refractivity contribution in [3.8, 4) is 11.5 Å². The molecular weight excluding hydrogens is 206 g/mol. The van der Waals surface area contributed by atoms with Crippen LogP contribution < -0.4 is 5.73 Å². The third-order valence-corrected chi connectivity index (χ3v) is 2.07. The van der Waals surface area contributed by atoms with Crippen LogP contribution in [0.4, 0.5) is 0 Å². The van der Waals surface area contributed by atoms with Crippen LogP contribution in [0.25, 0.3) is 11.5 Å². The summed E-state index contributed by atoms with van der Waals surface area (Å²) in [4.78, 5) is 12.5. The molecule has 0 aliphatic heterocycles. The minimum Gasteiger partial charge on any atom is -0.339 e. The van der Waals surface area contributed by atoms with Crippen LogP contribution in [0.5, 0.6) is 0 Å². The van der Waals surface area contributed by atoms with Gasteiger partial charge in [0.2, 0.25) is 11.7 Å². The highest BCUT2D eigenvalue weighted by atomic mass is 16.5. The lowest BCUT2D eigenvalue weighted by molar-refractivity contribution is 0.376. The van der Waals surface area contributed by atoms with Crippen molar-refractivity contribution in [1.29, 1.82) is 0 Å². The Labute approximate surface area is 92.9 Å². The smallest absolute Gasteiger partial charge is 0.227 e. The van der Waals surface area contributed by atoms with Crippen molar-refractivity contribution in [3.05, 3.63) is 24.0 Å². The van der Waals surface area contributed by atoms with Crippen LogP contribution in [0.2, 0.25) is 0 Å². The van der Waals surface area contributed by atoms with Crippen molar-refractivity contribution in [2.45, 2.75) is 19.8 Å². The molecule has 0 bridgehead atoms. The van der Waals surface area contributed by atoms with E-state index in [1.54, 1.807) is 12.3 Å². The highest BCUT2D eigenvalue weighted by molar-refractivity contribution is 5.46. The third kappa shape index (κ3) is 2.40. The summed E-state index contributed by atoms with van der Waals surface area (Å²) < 4.78 is 5.08. The number of hydrogen-bond acceptors (Lipinski definition) is 6. The fraction of sp³-hybridized carbons (Fsp3) is 0.400. The zero-order valence-electron chi connectivity index (χ0n) is 9.05. The second kappa shape index (κ2) is 4.80. The molecule has 0 fully saturated rings. The van der Waals surface area contributed by atoms with Crippen molar-refractivity contribution >= 4 is 0 Å². The first-order valence-corrected chi connectivity index (χ1v) is 5.12. The van der Waals surface area contributed by atoms with Crippen molar-refractivity contribution in [1.82, 2.24) is 20.1 Å². The lowest BCUT2D eigenvalue weighted by Crippen LogP contribution is -2.00. The molecular formula is C10H13N5O. The Kier molecular flexibility index (Phi) is 3.21. The largest absolute Gasteiger partial charge is 0.339 e. The predicted octanol–water partition coefficient (Wildman–Crippen LogP) is 0.726. The van der Waals surface area contributed by atoms with E-state index in [1.165, 1.54) is 0 Å². The first-order chi connectivity index (χ1) is 7.79. The number of nitrogens with zero attached hydrogens (tertiary/aromatic N) is 4. The van der Waals surface area contributed by atoms with Crippen LogP contribution in [0, 0.1) is 6.92 Å². The van der Waals surface area contributed by atoms with Crippen molar-refractivity contribution in [2.75, 3.05) is 6.54 Å². The molecule has 84 valence electrons. The average molecular weight is 219 g/mol. The van der Waals surface area contributed by atoms with E-state index in [2.05, 4.69) is 20.1 Å². The molecule has 0 spiro atoms. The minimum atomic E-state index is 0.498. The van der Waals surface area contributed by atoms with Gasteiger partial charge in [0, 0.05) is 12.6 Å². The highest BCUT2D eigenvalue weighted by Crippen LogP contribution is 2.12. The maximum absolute atomic E-state index is 5.40. The number of rotatable bonds is 4. The van der Waals surface area contributed by atoms with Gasteiger partial charge in [0.05, 0.1) is 0 Å². The number of hydrogen-bond donors (Lipinski definition) is 1. The normalized spacial score (nSPS) is 10.6. The molecule has 0 aromatic carbocycles. The van der Waals surface area contributed by atoms with E-state index in [9.17, 15) is 0 Å². The van der Waals surface area contributed by atoms with E-state index in [0.717, 1.165) is 6.42 Å². The predicted molar refractivity (Wildman–Crippen MR) is 57.4 cm³/mol. The summed E-state index contributed by atoms with van der Waals surface area (Å²) in [5, 5.41) is 3.86. The molecule has 16 heavy (non-hydrogen) atoms. The fourth-order valence-electron chi connectivity index (χ4n) is 1.29. The lowest BCUT2D eigenvalue weighted by atomic mass is 10.3. The van der Waals surface area contributed by atoms with E-state index in [0.29, 0.717) is 36.2 Å². The van der Waals surface area contributed by atoms with Crippen LogP contribution in [-0.2, 0) is 6.42 Å². The Hall–Kier alpha value is -1.82. The van der Waals surface area contributed by atoms with E-state index < -0.39 is 0 Å². The van der Waals surface area contributed by atoms with E-state index in [-0.39, 0.29) is 0 Å². The summed E-state index contributed by atoms with van der Waals surface area (Å²) in [6.07, 6.45) is 3.21. The molecule has 0 atom stereocenters.